The molecule has 1 unspecified atom stereocenters. The second kappa shape index (κ2) is 8.83. The van der Waals surface area contributed by atoms with Gasteiger partial charge < -0.3 is 14.7 Å². The third kappa shape index (κ3) is 4.10. The Morgan fingerprint density at radius 2 is 1.86 bits per heavy atom. The molecule has 3 heterocycles. The Kier molecular flexibility index (Phi) is 5.68. The number of nitrogens with zero attached hydrogens (tertiary/aromatic N) is 4. The molecule has 35 heavy (non-hydrogen) atoms. The fourth-order valence-corrected chi connectivity index (χ4v) is 4.94. The Morgan fingerprint density at radius 1 is 1.09 bits per heavy atom. The Morgan fingerprint density at radius 3 is 2.57 bits per heavy atom. The number of benzene rings is 2. The molecular formula is C25H22FN5O4. The average molecular weight is 475 g/mol. The van der Waals surface area contributed by atoms with Crippen molar-refractivity contribution in [1.82, 2.24) is 15.1 Å². The number of carbonyl (C=O) groups is 4. The molecule has 0 saturated carbocycles. The summed E-state index contributed by atoms with van der Waals surface area (Å²) in [6, 6.07) is 10.4. The first-order valence-electron chi connectivity index (χ1n) is 11.4. The second-order valence-corrected chi connectivity index (χ2v) is 8.82. The van der Waals surface area contributed by atoms with Crippen LogP contribution in [0.25, 0.3) is 0 Å². The largest absolute Gasteiger partial charge is 0.368 e. The molecule has 2 fully saturated rings. The van der Waals surface area contributed by atoms with Crippen LogP contribution in [0.1, 0.15) is 44.7 Å². The minimum Gasteiger partial charge on any atom is -0.368 e. The minimum atomic E-state index is -0.776. The standard InChI is InChI=1S/C25H22FN5O4/c26-17-11-18-19(14-31(25(18)35)20-4-5-22(32)28-23(20)33)21(12-17)29-6-8-30(9-7-29)24(34)16-3-1-2-15(10-16)13-27/h1-3,10-12,20H,4-9,14H2,(H,28,32,33). The van der Waals surface area contributed by atoms with Crippen LogP contribution in [0, 0.1) is 17.1 Å². The van der Waals surface area contributed by atoms with E-state index in [1.54, 1.807) is 29.2 Å². The molecule has 2 saturated heterocycles. The van der Waals surface area contributed by atoms with E-state index in [4.69, 9.17) is 5.26 Å². The normalized spacial score (nSPS) is 19.9. The van der Waals surface area contributed by atoms with Gasteiger partial charge >= 0.3 is 0 Å². The van der Waals surface area contributed by atoms with E-state index in [2.05, 4.69) is 5.32 Å². The van der Waals surface area contributed by atoms with Gasteiger partial charge in [0, 0.05) is 61.5 Å². The molecule has 9 nitrogen and oxygen atoms in total. The zero-order chi connectivity index (χ0) is 24.7. The Bertz CT molecular complexity index is 1300. The summed E-state index contributed by atoms with van der Waals surface area (Å²) in [5.41, 5.74) is 2.28. The third-order valence-electron chi connectivity index (χ3n) is 6.74. The van der Waals surface area contributed by atoms with Crippen molar-refractivity contribution in [2.45, 2.75) is 25.4 Å². The Balaban J connectivity index is 1.33. The number of hydrogen-bond acceptors (Lipinski definition) is 6. The van der Waals surface area contributed by atoms with Crippen molar-refractivity contribution in [3.05, 3.63) is 64.5 Å². The SMILES string of the molecule is N#Cc1cccc(C(=O)N2CCN(c3cc(F)cc4c3CN(C3CCC(=O)NC3=O)C4=O)CC2)c1. The number of piperazine rings is 1. The molecule has 1 atom stereocenters. The molecular weight excluding hydrogens is 453 g/mol. The van der Waals surface area contributed by atoms with Crippen molar-refractivity contribution >= 4 is 29.3 Å². The summed E-state index contributed by atoms with van der Waals surface area (Å²) in [5.74, 6) is -2.04. The first kappa shape index (κ1) is 22.5. The van der Waals surface area contributed by atoms with Gasteiger partial charge in [0.15, 0.2) is 0 Å². The van der Waals surface area contributed by atoms with E-state index in [0.29, 0.717) is 48.6 Å². The Labute approximate surface area is 200 Å². The van der Waals surface area contributed by atoms with Crippen LogP contribution in [0.2, 0.25) is 0 Å². The summed E-state index contributed by atoms with van der Waals surface area (Å²) in [6.07, 6.45) is 0.376. The summed E-state index contributed by atoms with van der Waals surface area (Å²) in [4.78, 5) is 54.8. The summed E-state index contributed by atoms with van der Waals surface area (Å²) in [5, 5.41) is 11.4. The van der Waals surface area contributed by atoms with E-state index in [0.717, 1.165) is 0 Å². The van der Waals surface area contributed by atoms with Gasteiger partial charge in [0.2, 0.25) is 11.8 Å². The lowest BCUT2D eigenvalue weighted by Crippen LogP contribution is -2.52. The van der Waals surface area contributed by atoms with Gasteiger partial charge in [-0.15, -0.1) is 0 Å². The number of nitrogens with one attached hydrogen (secondary N) is 1. The number of fused-ring (bicyclic) bond motifs is 1. The number of anilines is 1. The van der Waals surface area contributed by atoms with Gasteiger partial charge in [0.05, 0.1) is 11.6 Å². The first-order valence-corrected chi connectivity index (χ1v) is 11.4. The minimum absolute atomic E-state index is 0.144. The number of rotatable bonds is 3. The molecule has 1 N–H and O–H groups in total. The molecule has 10 heteroatoms. The maximum absolute atomic E-state index is 14.5. The van der Waals surface area contributed by atoms with Gasteiger partial charge in [0.1, 0.15) is 11.9 Å². The van der Waals surface area contributed by atoms with Crippen molar-refractivity contribution in [3.8, 4) is 6.07 Å². The van der Waals surface area contributed by atoms with Gasteiger partial charge in [0.25, 0.3) is 11.8 Å². The van der Waals surface area contributed by atoms with Crippen LogP contribution in [0.15, 0.2) is 36.4 Å². The van der Waals surface area contributed by atoms with Crippen LogP contribution >= 0.6 is 0 Å². The van der Waals surface area contributed by atoms with Gasteiger partial charge in [-0.25, -0.2) is 4.39 Å². The number of carbonyl (C=O) groups excluding carboxylic acids is 4. The monoisotopic (exact) mass is 475 g/mol. The number of piperidine rings is 1. The topological polar surface area (TPSA) is 114 Å². The zero-order valence-corrected chi connectivity index (χ0v) is 18.8. The van der Waals surface area contributed by atoms with Crippen LogP contribution in [0.3, 0.4) is 0 Å². The Hall–Kier alpha value is -4.26. The van der Waals surface area contributed by atoms with Crippen LogP contribution in [-0.4, -0.2) is 65.6 Å². The maximum atomic E-state index is 14.5. The first-order chi connectivity index (χ1) is 16.9. The number of nitriles is 1. The van der Waals surface area contributed by atoms with E-state index in [1.165, 1.54) is 17.0 Å². The molecule has 0 radical (unpaired) electrons. The van der Waals surface area contributed by atoms with E-state index >= 15 is 0 Å². The lowest BCUT2D eigenvalue weighted by atomic mass is 10.0. The molecule has 4 amide bonds. The van der Waals surface area contributed by atoms with Gasteiger partial charge in [-0.05, 0) is 36.8 Å². The van der Waals surface area contributed by atoms with E-state index < -0.39 is 23.7 Å². The fourth-order valence-electron chi connectivity index (χ4n) is 4.94. The van der Waals surface area contributed by atoms with Crippen LogP contribution in [-0.2, 0) is 16.1 Å². The predicted molar refractivity (Wildman–Crippen MR) is 122 cm³/mol. The quantitative estimate of drug-likeness (QED) is 0.672. The highest BCUT2D eigenvalue weighted by Crippen LogP contribution is 2.35. The molecule has 0 spiro atoms. The zero-order valence-electron chi connectivity index (χ0n) is 18.8. The van der Waals surface area contributed by atoms with Crippen molar-refractivity contribution in [2.24, 2.45) is 0 Å². The van der Waals surface area contributed by atoms with E-state index in [9.17, 15) is 23.6 Å². The summed E-state index contributed by atoms with van der Waals surface area (Å²) in [6.45, 7) is 1.81. The lowest BCUT2D eigenvalue weighted by molar-refractivity contribution is -0.136. The van der Waals surface area contributed by atoms with Crippen LogP contribution in [0.5, 0.6) is 0 Å². The molecule has 5 rings (SSSR count). The highest BCUT2D eigenvalue weighted by atomic mass is 19.1. The summed E-state index contributed by atoms with van der Waals surface area (Å²) >= 11 is 0. The highest BCUT2D eigenvalue weighted by molar-refractivity contribution is 6.06. The smallest absolute Gasteiger partial charge is 0.255 e. The number of amides is 4. The predicted octanol–water partition coefficient (Wildman–Crippen LogP) is 1.42. The van der Waals surface area contributed by atoms with E-state index in [-0.39, 0.29) is 36.8 Å². The molecule has 2 aromatic rings. The third-order valence-corrected chi connectivity index (χ3v) is 6.74. The molecule has 2 aromatic carbocycles. The van der Waals surface area contributed by atoms with Crippen molar-refractivity contribution in [2.75, 3.05) is 31.1 Å². The van der Waals surface area contributed by atoms with Crippen molar-refractivity contribution < 1.29 is 23.6 Å². The second-order valence-electron chi connectivity index (χ2n) is 8.82. The summed E-state index contributed by atoms with van der Waals surface area (Å²) < 4.78 is 14.5. The summed E-state index contributed by atoms with van der Waals surface area (Å²) in [7, 11) is 0. The molecule has 3 aliphatic rings. The fraction of sp³-hybridized carbons (Fsp3) is 0.320. The maximum Gasteiger partial charge on any atom is 0.255 e. The molecule has 3 aliphatic heterocycles. The highest BCUT2D eigenvalue weighted by Gasteiger charge is 2.41. The number of hydrogen-bond donors (Lipinski definition) is 1. The lowest BCUT2D eigenvalue weighted by Gasteiger charge is -2.37. The van der Waals surface area contributed by atoms with Crippen molar-refractivity contribution in [1.29, 1.82) is 5.26 Å². The van der Waals surface area contributed by atoms with E-state index in [1.807, 2.05) is 11.0 Å². The molecule has 0 bridgehead atoms. The molecule has 178 valence electrons. The van der Waals surface area contributed by atoms with Gasteiger partial charge in [-0.3, -0.25) is 24.5 Å². The van der Waals surface area contributed by atoms with Crippen LogP contribution < -0.4 is 10.2 Å². The van der Waals surface area contributed by atoms with Crippen LogP contribution in [0.4, 0.5) is 10.1 Å². The van der Waals surface area contributed by atoms with Gasteiger partial charge in [-0.1, -0.05) is 6.07 Å². The van der Waals surface area contributed by atoms with Crippen molar-refractivity contribution in [3.63, 3.8) is 0 Å². The number of halogens is 1. The van der Waals surface area contributed by atoms with Gasteiger partial charge in [-0.2, -0.15) is 5.26 Å². The number of imide groups is 1. The molecule has 0 aliphatic carbocycles. The average Bonchev–Trinajstić information content (AvgIpc) is 3.19. The molecule has 0 aromatic heterocycles.